The minimum Gasteiger partial charge on any atom is -0.497 e. The number of aliphatic hydroxyl groups excluding tert-OH is 1. The number of hydrogen-bond donors (Lipinski definition) is 1. The molecule has 1 spiro atoms. The van der Waals surface area contributed by atoms with Gasteiger partial charge in [0, 0.05) is 55.3 Å². The number of benzene rings is 1. The number of fused-ring (bicyclic) bond motifs is 4. The zero-order valence-corrected chi connectivity index (χ0v) is 24.3. The highest BCUT2D eigenvalue weighted by atomic mass is 32.1. The second-order valence-electron chi connectivity index (χ2n) is 10.9. The van der Waals surface area contributed by atoms with E-state index in [1.165, 1.54) is 0 Å². The lowest BCUT2D eigenvalue weighted by atomic mass is 9.82. The van der Waals surface area contributed by atoms with Gasteiger partial charge in [0.05, 0.1) is 36.9 Å². The number of methoxy groups -OCH3 is 2. The summed E-state index contributed by atoms with van der Waals surface area (Å²) < 4.78 is 13.2. The molecule has 0 aliphatic carbocycles. The Balaban J connectivity index is 1.31. The van der Waals surface area contributed by atoms with Gasteiger partial charge in [0.2, 0.25) is 0 Å². The lowest BCUT2D eigenvalue weighted by molar-refractivity contribution is -0.0309. The molecule has 0 radical (unpaired) electrons. The van der Waals surface area contributed by atoms with E-state index in [2.05, 4.69) is 36.0 Å². The quantitative estimate of drug-likeness (QED) is 0.493. The summed E-state index contributed by atoms with van der Waals surface area (Å²) in [5, 5.41) is 17.0. The maximum absolute atomic E-state index is 13.9. The second-order valence-corrected chi connectivity index (χ2v) is 11.9. The van der Waals surface area contributed by atoms with E-state index in [4.69, 9.17) is 9.47 Å². The van der Waals surface area contributed by atoms with Crippen LogP contribution in [0.1, 0.15) is 60.5 Å². The summed E-state index contributed by atoms with van der Waals surface area (Å²) in [6, 6.07) is 6.07. The van der Waals surface area contributed by atoms with Gasteiger partial charge in [-0.1, -0.05) is 13.0 Å². The number of rotatable bonds is 5. The van der Waals surface area contributed by atoms with Crippen LogP contribution in [0.25, 0.3) is 10.2 Å². The molecule has 0 bridgehead atoms. The van der Waals surface area contributed by atoms with Gasteiger partial charge in [0.25, 0.3) is 0 Å². The molecule has 2 aromatic heterocycles. The van der Waals surface area contributed by atoms with Gasteiger partial charge in [-0.3, -0.25) is 14.5 Å². The number of thiophene rings is 1. The van der Waals surface area contributed by atoms with Crippen molar-refractivity contribution in [3.8, 4) is 11.5 Å². The molecule has 2 saturated heterocycles. The molecule has 0 saturated carbocycles. The van der Waals surface area contributed by atoms with Crippen LogP contribution < -0.4 is 9.47 Å². The van der Waals surface area contributed by atoms with Crippen LogP contribution in [0.4, 0.5) is 4.79 Å². The zero-order valence-electron chi connectivity index (χ0n) is 23.5. The van der Waals surface area contributed by atoms with Crippen LogP contribution in [0.3, 0.4) is 0 Å². The monoisotopic (exact) mass is 551 g/mol. The molecular formula is C29H37N5O4S. The van der Waals surface area contributed by atoms with Crippen molar-refractivity contribution in [3.63, 3.8) is 0 Å². The number of ether oxygens (including phenoxy) is 2. The van der Waals surface area contributed by atoms with Gasteiger partial charge in [-0.25, -0.2) is 4.79 Å². The van der Waals surface area contributed by atoms with Crippen molar-refractivity contribution in [2.24, 2.45) is 7.05 Å². The number of likely N-dealkylation sites (N-methyl/N-ethyl adjacent to an activating group) is 1. The van der Waals surface area contributed by atoms with Gasteiger partial charge in [-0.2, -0.15) is 5.10 Å². The Morgan fingerprint density at radius 2 is 1.95 bits per heavy atom. The number of hydrogen-bond acceptors (Lipinski definition) is 7. The first-order chi connectivity index (χ1) is 18.7. The molecule has 10 heteroatoms. The summed E-state index contributed by atoms with van der Waals surface area (Å²) in [5.41, 5.74) is 3.82. The number of nitrogens with zero attached hydrogens (tertiary/aromatic N) is 5. The van der Waals surface area contributed by atoms with Gasteiger partial charge in [-0.05, 0) is 44.4 Å². The number of aromatic nitrogens is 2. The van der Waals surface area contributed by atoms with Crippen LogP contribution in [0.2, 0.25) is 0 Å². The van der Waals surface area contributed by atoms with Crippen molar-refractivity contribution in [2.75, 3.05) is 33.9 Å². The predicted octanol–water partition coefficient (Wildman–Crippen LogP) is 4.74. The van der Waals surface area contributed by atoms with Gasteiger partial charge >= 0.3 is 6.03 Å². The Labute approximate surface area is 233 Å². The van der Waals surface area contributed by atoms with Gasteiger partial charge in [-0.15, -0.1) is 11.3 Å². The van der Waals surface area contributed by atoms with Crippen LogP contribution >= 0.6 is 11.3 Å². The third-order valence-electron chi connectivity index (χ3n) is 8.85. The third kappa shape index (κ3) is 3.87. The lowest BCUT2D eigenvalue weighted by Crippen LogP contribution is -2.54. The maximum Gasteiger partial charge on any atom is 0.325 e. The number of likely N-dealkylation sites (tertiary alicyclic amines) is 1. The average Bonchev–Trinajstić information content (AvgIpc) is 3.51. The first kappa shape index (κ1) is 26.2. The summed E-state index contributed by atoms with van der Waals surface area (Å²) in [4.78, 5) is 22.0. The van der Waals surface area contributed by atoms with E-state index in [-0.39, 0.29) is 11.9 Å². The van der Waals surface area contributed by atoms with E-state index < -0.39 is 11.8 Å². The number of carbonyl (C=O) groups is 1. The normalized spacial score (nSPS) is 21.7. The predicted molar refractivity (Wildman–Crippen MR) is 151 cm³/mol. The Morgan fingerprint density at radius 3 is 2.59 bits per heavy atom. The average molecular weight is 552 g/mol. The number of aryl methyl sites for hydroxylation is 2. The van der Waals surface area contributed by atoms with Gasteiger partial charge in [0.1, 0.15) is 22.6 Å². The number of carbonyl (C=O) groups excluding carboxylic acids is 1. The minimum atomic E-state index is -0.676. The smallest absolute Gasteiger partial charge is 0.325 e. The molecule has 1 aromatic carbocycles. The number of urea groups is 1. The second kappa shape index (κ2) is 9.53. The molecule has 6 rings (SSSR count). The highest BCUT2D eigenvalue weighted by Crippen LogP contribution is 2.49. The lowest BCUT2D eigenvalue weighted by Gasteiger charge is -2.45. The van der Waals surface area contributed by atoms with Crippen molar-refractivity contribution in [1.82, 2.24) is 24.5 Å². The fourth-order valence-electron chi connectivity index (χ4n) is 6.93. The standard InChI is InChI=1S/C29H37N5O4S/c1-7-34-28(36)33-16-19-13-20(37-5)14-22(38-6)25(19)17(2)12-24(33)29(34)8-10-32(11-9-29)26(35)23-15-21-18(3)30-31(4)27(21)39-23/h12-15,17,26,35H,7-11,16H2,1-6H3. The molecule has 2 amide bonds. The van der Waals surface area contributed by atoms with E-state index in [0.717, 1.165) is 62.0 Å². The van der Waals surface area contributed by atoms with Crippen molar-refractivity contribution in [3.05, 3.63) is 51.7 Å². The molecular weight excluding hydrogens is 514 g/mol. The number of aliphatic hydroxyl groups is 1. The zero-order chi connectivity index (χ0) is 27.6. The van der Waals surface area contributed by atoms with Crippen LogP contribution in [0, 0.1) is 6.92 Å². The van der Waals surface area contributed by atoms with E-state index >= 15 is 0 Å². The fourth-order valence-corrected chi connectivity index (χ4v) is 8.08. The Hall–Kier alpha value is -3.08. The van der Waals surface area contributed by atoms with Crippen LogP contribution in [-0.2, 0) is 13.6 Å². The summed E-state index contributed by atoms with van der Waals surface area (Å²) in [7, 11) is 5.28. The van der Waals surface area contributed by atoms with E-state index in [1.54, 1.807) is 25.6 Å². The fraction of sp³-hybridized carbons (Fsp3) is 0.517. The molecule has 1 N–H and O–H groups in total. The first-order valence-corrected chi connectivity index (χ1v) is 14.5. The first-order valence-electron chi connectivity index (χ1n) is 13.6. The molecule has 5 heterocycles. The molecule has 2 fully saturated rings. The van der Waals surface area contributed by atoms with Crippen molar-refractivity contribution < 1.29 is 19.4 Å². The number of allylic oxidation sites excluding steroid dienone is 1. The van der Waals surface area contributed by atoms with Crippen LogP contribution in [-0.4, -0.2) is 75.0 Å². The van der Waals surface area contributed by atoms with Crippen LogP contribution in [0.5, 0.6) is 11.5 Å². The van der Waals surface area contributed by atoms with Crippen molar-refractivity contribution in [1.29, 1.82) is 0 Å². The molecule has 9 nitrogen and oxygen atoms in total. The molecule has 3 aromatic rings. The molecule has 3 aliphatic rings. The summed E-state index contributed by atoms with van der Waals surface area (Å²) >= 11 is 1.60. The van der Waals surface area contributed by atoms with Crippen LogP contribution in [0.15, 0.2) is 30.0 Å². The molecule has 3 aliphatic heterocycles. The Bertz CT molecular complexity index is 1430. The molecule has 2 atom stereocenters. The molecule has 2 unspecified atom stereocenters. The largest absolute Gasteiger partial charge is 0.497 e. The SMILES string of the molecule is CCN1C(=O)N2Cc3cc(OC)cc(OC)c3C(C)C=C2C12CCN(C(O)c1cc3c(C)nn(C)c3s1)CC2. The number of piperidine rings is 1. The number of amides is 2. The summed E-state index contributed by atoms with van der Waals surface area (Å²) in [6.45, 7) is 8.75. The summed E-state index contributed by atoms with van der Waals surface area (Å²) in [6.07, 6.45) is 3.12. The van der Waals surface area contributed by atoms with E-state index in [1.807, 2.05) is 40.6 Å². The minimum absolute atomic E-state index is 0.0482. The molecule has 208 valence electrons. The van der Waals surface area contributed by atoms with E-state index in [0.29, 0.717) is 26.2 Å². The Morgan fingerprint density at radius 1 is 1.21 bits per heavy atom. The third-order valence-corrected chi connectivity index (χ3v) is 10.1. The maximum atomic E-state index is 13.9. The Kier molecular flexibility index (Phi) is 6.39. The van der Waals surface area contributed by atoms with Crippen molar-refractivity contribution in [2.45, 2.75) is 57.8 Å². The molecule has 39 heavy (non-hydrogen) atoms. The van der Waals surface area contributed by atoms with E-state index in [9.17, 15) is 9.90 Å². The van der Waals surface area contributed by atoms with Gasteiger partial charge < -0.3 is 19.5 Å². The van der Waals surface area contributed by atoms with Gasteiger partial charge in [0.15, 0.2) is 0 Å². The van der Waals surface area contributed by atoms with Crippen molar-refractivity contribution >= 4 is 27.6 Å². The summed E-state index contributed by atoms with van der Waals surface area (Å²) in [5.74, 6) is 1.58. The highest BCUT2D eigenvalue weighted by molar-refractivity contribution is 7.18. The highest BCUT2D eigenvalue weighted by Gasteiger charge is 2.55. The topological polar surface area (TPSA) is 83.3 Å².